The van der Waals surface area contributed by atoms with E-state index in [0.717, 1.165) is 34.0 Å². The van der Waals surface area contributed by atoms with Gasteiger partial charge in [0.2, 0.25) is 0 Å². The van der Waals surface area contributed by atoms with Crippen LogP contribution in [0.15, 0.2) is 158 Å². The van der Waals surface area contributed by atoms with Crippen molar-refractivity contribution in [1.82, 2.24) is 14.1 Å². The van der Waals surface area contributed by atoms with Crippen molar-refractivity contribution in [3.05, 3.63) is 164 Å². The lowest BCUT2D eigenvalue weighted by atomic mass is 9.88. The molecule has 3 heterocycles. The number of benzene rings is 5. The predicted molar refractivity (Wildman–Crippen MR) is 194 cm³/mol. The highest BCUT2D eigenvalue weighted by molar-refractivity contribution is 6.09. The fourth-order valence-electron chi connectivity index (χ4n) is 6.33. The van der Waals surface area contributed by atoms with Gasteiger partial charge in [-0.15, -0.1) is 0 Å². The van der Waals surface area contributed by atoms with E-state index in [-0.39, 0.29) is 5.41 Å². The van der Waals surface area contributed by atoms with Crippen molar-refractivity contribution in [3.8, 4) is 45.3 Å². The van der Waals surface area contributed by atoms with Gasteiger partial charge in [-0.05, 0) is 81.8 Å². The molecule has 5 aromatic carbocycles. The van der Waals surface area contributed by atoms with Crippen molar-refractivity contribution < 1.29 is 4.74 Å². The normalized spacial score (nSPS) is 11.7. The maximum absolute atomic E-state index is 6.51. The zero-order valence-electron chi connectivity index (χ0n) is 26.8. The summed E-state index contributed by atoms with van der Waals surface area (Å²) in [6.45, 7) is 6.70. The average molecular weight is 610 g/mol. The van der Waals surface area contributed by atoms with E-state index < -0.39 is 0 Å². The van der Waals surface area contributed by atoms with Crippen LogP contribution in [0.1, 0.15) is 26.3 Å². The predicted octanol–water partition coefficient (Wildman–Crippen LogP) is 11.4. The highest BCUT2D eigenvalue weighted by atomic mass is 16.5. The third kappa shape index (κ3) is 5.49. The van der Waals surface area contributed by atoms with E-state index in [1.54, 1.807) is 0 Å². The first kappa shape index (κ1) is 28.6. The Morgan fingerprint density at radius 3 is 2.06 bits per heavy atom. The molecule has 0 N–H and O–H groups in total. The highest BCUT2D eigenvalue weighted by Gasteiger charge is 2.18. The van der Waals surface area contributed by atoms with E-state index in [2.05, 4.69) is 164 Å². The van der Waals surface area contributed by atoms with Crippen molar-refractivity contribution in [2.24, 2.45) is 0 Å². The van der Waals surface area contributed by atoms with Gasteiger partial charge in [0.05, 0.1) is 11.0 Å². The summed E-state index contributed by atoms with van der Waals surface area (Å²) in [5, 5.41) is 2.36. The fraction of sp³-hybridized carbons (Fsp3) is 0.0930. The maximum Gasteiger partial charge on any atom is 0.137 e. The number of pyridine rings is 1. The number of hydrogen-bond donors (Lipinski definition) is 0. The van der Waals surface area contributed by atoms with Crippen molar-refractivity contribution in [2.45, 2.75) is 26.2 Å². The quantitative estimate of drug-likeness (QED) is 0.188. The van der Waals surface area contributed by atoms with Gasteiger partial charge in [-0.3, -0.25) is 4.57 Å². The van der Waals surface area contributed by atoms with Crippen LogP contribution in [0.3, 0.4) is 0 Å². The van der Waals surface area contributed by atoms with Crippen molar-refractivity contribution in [3.63, 3.8) is 0 Å². The molecular formula is C43H35N3O. The van der Waals surface area contributed by atoms with E-state index in [9.17, 15) is 0 Å². The molecule has 0 bridgehead atoms. The minimum absolute atomic E-state index is 0.0171. The van der Waals surface area contributed by atoms with Crippen LogP contribution in [0.5, 0.6) is 11.5 Å². The number of fused-ring (bicyclic) bond motifs is 3. The van der Waals surface area contributed by atoms with Crippen molar-refractivity contribution in [1.29, 1.82) is 0 Å². The van der Waals surface area contributed by atoms with Gasteiger partial charge in [-0.25, -0.2) is 4.98 Å². The first-order chi connectivity index (χ1) is 22.9. The standard InChI is InChI=1S/C43H35N3O/c1-43(2,3)34-22-24-44-42(26-34)46-40-15-8-7-14-38(40)39-21-20-37(28-41(39)46)47-36-13-9-12-35(27-36)45-25-23-33(29-45)32-18-16-31(17-19-32)30-10-5-4-6-11-30/h4-29H,1-3H3. The third-order valence-electron chi connectivity index (χ3n) is 8.86. The molecule has 4 heteroatoms. The third-order valence-corrected chi connectivity index (χ3v) is 8.86. The van der Waals surface area contributed by atoms with Crippen LogP contribution < -0.4 is 4.74 Å². The van der Waals surface area contributed by atoms with Crippen LogP contribution in [-0.2, 0) is 5.41 Å². The smallest absolute Gasteiger partial charge is 0.137 e. The Morgan fingerprint density at radius 2 is 1.26 bits per heavy atom. The molecule has 0 amide bonds. The van der Waals surface area contributed by atoms with E-state index >= 15 is 0 Å². The Bertz CT molecular complexity index is 2360. The van der Waals surface area contributed by atoms with Gasteiger partial charge >= 0.3 is 0 Å². The number of ether oxygens (including phenoxy) is 1. The summed E-state index contributed by atoms with van der Waals surface area (Å²) in [5.41, 5.74) is 9.27. The monoisotopic (exact) mass is 609 g/mol. The summed E-state index contributed by atoms with van der Waals surface area (Å²) in [7, 11) is 0. The van der Waals surface area contributed by atoms with Gasteiger partial charge in [0.15, 0.2) is 0 Å². The molecule has 0 spiro atoms. The summed E-state index contributed by atoms with van der Waals surface area (Å²) >= 11 is 0. The van der Waals surface area contributed by atoms with Crippen LogP contribution in [0.25, 0.3) is 55.6 Å². The lowest BCUT2D eigenvalue weighted by Gasteiger charge is -2.20. The van der Waals surface area contributed by atoms with E-state index in [1.807, 2.05) is 24.4 Å². The summed E-state index contributed by atoms with van der Waals surface area (Å²) in [4.78, 5) is 4.82. The molecule has 0 radical (unpaired) electrons. The molecule has 8 aromatic rings. The molecule has 8 rings (SSSR count). The molecule has 0 saturated heterocycles. The summed E-state index contributed by atoms with van der Waals surface area (Å²) in [6.07, 6.45) is 6.18. The number of para-hydroxylation sites is 1. The van der Waals surface area contributed by atoms with Crippen molar-refractivity contribution >= 4 is 21.8 Å². The number of hydrogen-bond acceptors (Lipinski definition) is 2. The molecule has 0 aliphatic rings. The SMILES string of the molecule is CC(C)(C)c1ccnc(-n2c3ccccc3c3ccc(Oc4cccc(-n5ccc(-c6ccc(-c7ccccc7)cc6)c5)c4)cc32)c1. The van der Waals surface area contributed by atoms with Gasteiger partial charge in [-0.2, -0.15) is 0 Å². The number of rotatable bonds is 6. The van der Waals surface area contributed by atoms with E-state index in [0.29, 0.717) is 0 Å². The van der Waals surface area contributed by atoms with Gasteiger partial charge in [0.1, 0.15) is 17.3 Å². The summed E-state index contributed by atoms with van der Waals surface area (Å²) in [6, 6.07) is 48.7. The van der Waals surface area contributed by atoms with Crippen LogP contribution >= 0.6 is 0 Å². The number of aromatic nitrogens is 3. The Hall–Kier alpha value is -5.87. The molecule has 0 aliphatic heterocycles. The van der Waals surface area contributed by atoms with E-state index in [4.69, 9.17) is 9.72 Å². The number of nitrogens with zero attached hydrogens (tertiary/aromatic N) is 3. The van der Waals surface area contributed by atoms with Crippen LogP contribution in [0.4, 0.5) is 0 Å². The molecule has 0 fully saturated rings. The van der Waals surface area contributed by atoms with Crippen LogP contribution in [-0.4, -0.2) is 14.1 Å². The van der Waals surface area contributed by atoms with E-state index in [1.165, 1.54) is 38.6 Å². The Balaban J connectivity index is 1.10. The second-order valence-corrected chi connectivity index (χ2v) is 13.0. The Labute approximate surface area is 275 Å². The molecule has 3 aromatic heterocycles. The molecule has 4 nitrogen and oxygen atoms in total. The second kappa shape index (κ2) is 11.5. The highest BCUT2D eigenvalue weighted by Crippen LogP contribution is 2.36. The molecule has 228 valence electrons. The lowest BCUT2D eigenvalue weighted by Crippen LogP contribution is -2.12. The maximum atomic E-state index is 6.51. The van der Waals surface area contributed by atoms with Crippen LogP contribution in [0.2, 0.25) is 0 Å². The minimum Gasteiger partial charge on any atom is -0.457 e. The zero-order valence-corrected chi connectivity index (χ0v) is 26.8. The molecule has 0 aliphatic carbocycles. The molecule has 0 unspecified atom stereocenters. The molecule has 0 atom stereocenters. The topological polar surface area (TPSA) is 32.0 Å². The Morgan fingerprint density at radius 1 is 0.553 bits per heavy atom. The molecule has 0 saturated carbocycles. The minimum atomic E-state index is 0.0171. The molecular weight excluding hydrogens is 574 g/mol. The van der Waals surface area contributed by atoms with Gasteiger partial charge in [0.25, 0.3) is 0 Å². The Kier molecular flexibility index (Phi) is 6.99. The average Bonchev–Trinajstić information content (AvgIpc) is 3.72. The first-order valence-corrected chi connectivity index (χ1v) is 16.0. The van der Waals surface area contributed by atoms with Gasteiger partial charge < -0.3 is 9.30 Å². The molecule has 47 heavy (non-hydrogen) atoms. The summed E-state index contributed by atoms with van der Waals surface area (Å²) < 4.78 is 10.9. The first-order valence-electron chi connectivity index (χ1n) is 16.0. The lowest BCUT2D eigenvalue weighted by molar-refractivity contribution is 0.483. The van der Waals surface area contributed by atoms with Gasteiger partial charge in [-0.1, -0.05) is 99.6 Å². The summed E-state index contributed by atoms with van der Waals surface area (Å²) in [5.74, 6) is 2.46. The second-order valence-electron chi connectivity index (χ2n) is 13.0. The van der Waals surface area contributed by atoms with Gasteiger partial charge in [0, 0.05) is 47.2 Å². The van der Waals surface area contributed by atoms with Crippen LogP contribution in [0, 0.1) is 0 Å². The van der Waals surface area contributed by atoms with Crippen molar-refractivity contribution in [2.75, 3.05) is 0 Å². The zero-order chi connectivity index (χ0) is 32.0. The fourth-order valence-corrected chi connectivity index (χ4v) is 6.33. The largest absolute Gasteiger partial charge is 0.457 e.